The van der Waals surface area contributed by atoms with Gasteiger partial charge in [0.1, 0.15) is 0 Å². The molecular formula is C12H23N. The zero-order valence-electron chi connectivity index (χ0n) is 9.51. The van der Waals surface area contributed by atoms with Crippen LogP contribution in [0.3, 0.4) is 0 Å². The number of fused-ring (bicyclic) bond motifs is 2. The normalized spacial score (nSPS) is 39.7. The lowest BCUT2D eigenvalue weighted by Crippen LogP contribution is -2.60. The van der Waals surface area contributed by atoms with E-state index < -0.39 is 0 Å². The van der Waals surface area contributed by atoms with E-state index in [1.807, 2.05) is 0 Å². The molecule has 1 heteroatoms. The predicted octanol–water partition coefficient (Wildman–Crippen LogP) is 2.76. The van der Waals surface area contributed by atoms with E-state index in [2.05, 4.69) is 32.6 Å². The Morgan fingerprint density at radius 2 is 1.77 bits per heavy atom. The van der Waals surface area contributed by atoms with Gasteiger partial charge in [-0.15, -0.1) is 0 Å². The summed E-state index contributed by atoms with van der Waals surface area (Å²) >= 11 is 0. The van der Waals surface area contributed by atoms with Crippen LogP contribution in [-0.4, -0.2) is 24.0 Å². The second-order valence-electron chi connectivity index (χ2n) is 5.81. The number of rotatable bonds is 2. The number of hydrogen-bond donors (Lipinski definition) is 0. The average molecular weight is 181 g/mol. The highest BCUT2D eigenvalue weighted by atomic mass is 15.2. The highest BCUT2D eigenvalue weighted by molar-refractivity contribution is 5.03. The van der Waals surface area contributed by atoms with Gasteiger partial charge in [-0.1, -0.05) is 13.8 Å². The summed E-state index contributed by atoms with van der Waals surface area (Å²) in [5, 5.41) is 0. The van der Waals surface area contributed by atoms with E-state index >= 15 is 0 Å². The van der Waals surface area contributed by atoms with Crippen molar-refractivity contribution in [2.45, 2.75) is 46.6 Å². The third-order valence-electron chi connectivity index (χ3n) is 4.36. The second kappa shape index (κ2) is 2.98. The van der Waals surface area contributed by atoms with Gasteiger partial charge in [-0.05, 0) is 43.9 Å². The van der Waals surface area contributed by atoms with Gasteiger partial charge < -0.3 is 4.90 Å². The summed E-state index contributed by atoms with van der Waals surface area (Å²) in [5.74, 6) is 1.91. The molecule has 1 saturated carbocycles. The fourth-order valence-corrected chi connectivity index (χ4v) is 3.20. The molecule has 2 saturated heterocycles. The zero-order chi connectivity index (χ0) is 9.64. The summed E-state index contributed by atoms with van der Waals surface area (Å²) < 4.78 is 0. The molecule has 0 unspecified atom stereocenters. The Labute approximate surface area is 82.5 Å². The van der Waals surface area contributed by atoms with Crippen molar-refractivity contribution < 1.29 is 0 Å². The van der Waals surface area contributed by atoms with Gasteiger partial charge in [0.2, 0.25) is 0 Å². The van der Waals surface area contributed by atoms with E-state index in [1.54, 1.807) is 0 Å². The van der Waals surface area contributed by atoms with Gasteiger partial charge in [0.15, 0.2) is 0 Å². The van der Waals surface area contributed by atoms with Crippen molar-refractivity contribution in [3.05, 3.63) is 0 Å². The van der Waals surface area contributed by atoms with Crippen molar-refractivity contribution in [1.82, 2.24) is 4.90 Å². The quantitative estimate of drug-likeness (QED) is 0.633. The van der Waals surface area contributed by atoms with Gasteiger partial charge in [0.25, 0.3) is 0 Å². The first kappa shape index (κ1) is 9.51. The Balaban J connectivity index is 2.03. The van der Waals surface area contributed by atoms with E-state index in [9.17, 15) is 0 Å². The van der Waals surface area contributed by atoms with Gasteiger partial charge in [-0.3, -0.25) is 0 Å². The lowest BCUT2D eigenvalue weighted by Gasteiger charge is -2.60. The molecule has 0 N–H and O–H groups in total. The predicted molar refractivity (Wildman–Crippen MR) is 56.7 cm³/mol. The smallest absolute Gasteiger partial charge is 0.00435 e. The molecule has 1 nitrogen and oxygen atoms in total. The Morgan fingerprint density at radius 3 is 2.23 bits per heavy atom. The summed E-state index contributed by atoms with van der Waals surface area (Å²) in [6, 6.07) is 0.751. The van der Waals surface area contributed by atoms with Crippen LogP contribution in [0, 0.1) is 17.3 Å². The molecule has 0 aromatic heterocycles. The maximum atomic E-state index is 2.68. The minimum atomic E-state index is 0.702. The van der Waals surface area contributed by atoms with Gasteiger partial charge in [-0.2, -0.15) is 0 Å². The standard InChI is InChI=1S/C12H23N/c1-9(2)12-5-11(6-12)7-13(8-12)10(3)4/h9-11H,5-8H2,1-4H3. The van der Waals surface area contributed by atoms with Crippen molar-refractivity contribution in [3.8, 4) is 0 Å². The van der Waals surface area contributed by atoms with Gasteiger partial charge in [0, 0.05) is 19.1 Å². The Hall–Kier alpha value is -0.0400. The number of nitrogens with zero attached hydrogens (tertiary/aromatic N) is 1. The molecule has 3 fully saturated rings. The summed E-state index contributed by atoms with van der Waals surface area (Å²) in [7, 11) is 0. The first-order chi connectivity index (χ1) is 6.03. The third-order valence-corrected chi connectivity index (χ3v) is 4.36. The maximum Gasteiger partial charge on any atom is 0.00435 e. The highest BCUT2D eigenvalue weighted by Gasteiger charge is 2.51. The van der Waals surface area contributed by atoms with E-state index in [-0.39, 0.29) is 0 Å². The van der Waals surface area contributed by atoms with Crippen LogP contribution in [0.2, 0.25) is 0 Å². The molecule has 0 atom stereocenters. The van der Waals surface area contributed by atoms with Crippen molar-refractivity contribution >= 4 is 0 Å². The minimum absolute atomic E-state index is 0.702. The molecule has 76 valence electrons. The van der Waals surface area contributed by atoms with Crippen molar-refractivity contribution in [3.63, 3.8) is 0 Å². The lowest BCUT2D eigenvalue weighted by atomic mass is 9.54. The maximum absolute atomic E-state index is 2.68. The molecule has 2 bridgehead atoms. The van der Waals surface area contributed by atoms with E-state index in [4.69, 9.17) is 0 Å². The third kappa shape index (κ3) is 1.41. The Kier molecular flexibility index (Phi) is 2.18. The van der Waals surface area contributed by atoms with Crippen LogP contribution in [-0.2, 0) is 0 Å². The molecule has 0 spiro atoms. The van der Waals surface area contributed by atoms with Crippen LogP contribution in [0.15, 0.2) is 0 Å². The molecular weight excluding hydrogens is 158 g/mol. The van der Waals surface area contributed by atoms with Gasteiger partial charge >= 0.3 is 0 Å². The van der Waals surface area contributed by atoms with Crippen LogP contribution < -0.4 is 0 Å². The molecule has 2 aliphatic heterocycles. The molecule has 0 aromatic rings. The lowest BCUT2D eigenvalue weighted by molar-refractivity contribution is -0.101. The van der Waals surface area contributed by atoms with Gasteiger partial charge in [-0.25, -0.2) is 0 Å². The van der Waals surface area contributed by atoms with E-state index in [0.29, 0.717) is 5.41 Å². The monoisotopic (exact) mass is 181 g/mol. The first-order valence-corrected chi connectivity index (χ1v) is 5.77. The Bertz CT molecular complexity index is 187. The first-order valence-electron chi connectivity index (χ1n) is 5.77. The van der Waals surface area contributed by atoms with Crippen LogP contribution in [0.5, 0.6) is 0 Å². The topological polar surface area (TPSA) is 3.24 Å². The summed E-state index contributed by atoms with van der Waals surface area (Å²) in [4.78, 5) is 2.68. The largest absolute Gasteiger partial charge is 0.300 e. The molecule has 3 aliphatic rings. The number of piperidine rings is 2. The van der Waals surface area contributed by atoms with Crippen LogP contribution in [0.1, 0.15) is 40.5 Å². The molecule has 0 radical (unpaired) electrons. The van der Waals surface area contributed by atoms with E-state index in [1.165, 1.54) is 25.9 Å². The van der Waals surface area contributed by atoms with Crippen LogP contribution in [0.25, 0.3) is 0 Å². The molecule has 13 heavy (non-hydrogen) atoms. The van der Waals surface area contributed by atoms with Crippen LogP contribution in [0.4, 0.5) is 0 Å². The fraction of sp³-hybridized carbons (Fsp3) is 1.00. The average Bonchev–Trinajstić information content (AvgIpc) is 2.02. The fourth-order valence-electron chi connectivity index (χ4n) is 3.20. The van der Waals surface area contributed by atoms with Gasteiger partial charge in [0.05, 0.1) is 0 Å². The summed E-state index contributed by atoms with van der Waals surface area (Å²) in [6.07, 6.45) is 3.02. The second-order valence-corrected chi connectivity index (χ2v) is 5.81. The highest BCUT2D eigenvalue weighted by Crippen LogP contribution is 2.55. The molecule has 3 rings (SSSR count). The van der Waals surface area contributed by atoms with Crippen molar-refractivity contribution in [2.75, 3.05) is 13.1 Å². The van der Waals surface area contributed by atoms with Crippen molar-refractivity contribution in [2.24, 2.45) is 17.3 Å². The summed E-state index contributed by atoms with van der Waals surface area (Å²) in [5.41, 5.74) is 0.702. The zero-order valence-corrected chi connectivity index (χ0v) is 9.51. The molecule has 1 aliphatic carbocycles. The minimum Gasteiger partial charge on any atom is -0.300 e. The van der Waals surface area contributed by atoms with Crippen LogP contribution >= 0.6 is 0 Å². The Morgan fingerprint density at radius 1 is 1.15 bits per heavy atom. The van der Waals surface area contributed by atoms with E-state index in [0.717, 1.165) is 17.9 Å². The summed E-state index contributed by atoms with van der Waals surface area (Å²) in [6.45, 7) is 12.2. The molecule has 0 amide bonds. The molecule has 2 heterocycles. The van der Waals surface area contributed by atoms with Crippen molar-refractivity contribution in [1.29, 1.82) is 0 Å². The SMILES string of the molecule is CC(C)N1CC2CC(C(C)C)(C2)C1. The number of hydrogen-bond acceptors (Lipinski definition) is 1. The molecule has 0 aromatic carbocycles.